The van der Waals surface area contributed by atoms with Crippen LogP contribution in [0.5, 0.6) is 5.75 Å². The molecule has 1 amide bonds. The number of anilines is 1. The lowest BCUT2D eigenvalue weighted by Gasteiger charge is -2.05. The molecule has 0 saturated heterocycles. The molecule has 0 bridgehead atoms. The van der Waals surface area contributed by atoms with Crippen molar-refractivity contribution in [1.82, 2.24) is 14.8 Å². The molecule has 6 heteroatoms. The van der Waals surface area contributed by atoms with Gasteiger partial charge in [0.15, 0.2) is 11.5 Å². The summed E-state index contributed by atoms with van der Waals surface area (Å²) in [6.07, 6.45) is 0. The molecule has 0 aliphatic rings. The van der Waals surface area contributed by atoms with Gasteiger partial charge in [-0.1, -0.05) is 18.2 Å². The number of benzene rings is 2. The van der Waals surface area contributed by atoms with Crippen molar-refractivity contribution in [2.75, 3.05) is 12.4 Å². The Kier molecular flexibility index (Phi) is 3.80. The molecular weight excluding hydrogens is 328 g/mol. The second-order valence-corrected chi connectivity index (χ2v) is 6.21. The van der Waals surface area contributed by atoms with Gasteiger partial charge in [0.05, 0.1) is 18.0 Å². The van der Waals surface area contributed by atoms with E-state index in [1.54, 1.807) is 36.1 Å². The number of pyridine rings is 1. The van der Waals surface area contributed by atoms with Crippen LogP contribution < -0.4 is 10.1 Å². The summed E-state index contributed by atoms with van der Waals surface area (Å²) < 4.78 is 6.86. The molecule has 130 valence electrons. The summed E-state index contributed by atoms with van der Waals surface area (Å²) >= 11 is 0. The summed E-state index contributed by atoms with van der Waals surface area (Å²) in [5, 5.41) is 9.13. The number of nitrogens with one attached hydrogen (secondary N) is 1. The van der Waals surface area contributed by atoms with E-state index in [1.165, 1.54) is 0 Å². The third-order valence-corrected chi connectivity index (χ3v) is 4.33. The molecule has 2 aromatic heterocycles. The summed E-state index contributed by atoms with van der Waals surface area (Å²) in [4.78, 5) is 17.3. The van der Waals surface area contributed by atoms with Crippen molar-refractivity contribution in [3.05, 3.63) is 59.7 Å². The Bertz CT molecular complexity index is 1150. The van der Waals surface area contributed by atoms with Crippen LogP contribution in [0.25, 0.3) is 21.9 Å². The zero-order valence-corrected chi connectivity index (χ0v) is 14.8. The fourth-order valence-electron chi connectivity index (χ4n) is 2.98. The van der Waals surface area contributed by atoms with Gasteiger partial charge in [-0.3, -0.25) is 4.79 Å². The van der Waals surface area contributed by atoms with E-state index in [9.17, 15) is 4.79 Å². The molecule has 2 heterocycles. The van der Waals surface area contributed by atoms with E-state index in [4.69, 9.17) is 9.72 Å². The fraction of sp³-hybridized carbons (Fsp3) is 0.150. The van der Waals surface area contributed by atoms with Gasteiger partial charge in [-0.25, -0.2) is 9.67 Å². The Morgan fingerprint density at radius 2 is 2.00 bits per heavy atom. The maximum Gasteiger partial charge on any atom is 0.257 e. The summed E-state index contributed by atoms with van der Waals surface area (Å²) in [5.41, 5.74) is 3.29. The van der Waals surface area contributed by atoms with Gasteiger partial charge in [-0.05, 0) is 42.8 Å². The van der Waals surface area contributed by atoms with Gasteiger partial charge < -0.3 is 10.1 Å². The van der Waals surface area contributed by atoms with Crippen molar-refractivity contribution >= 4 is 33.7 Å². The Hall–Kier alpha value is -3.41. The van der Waals surface area contributed by atoms with Crippen molar-refractivity contribution < 1.29 is 9.53 Å². The molecule has 0 unspecified atom stereocenters. The van der Waals surface area contributed by atoms with E-state index in [-0.39, 0.29) is 5.91 Å². The number of hydrogen-bond acceptors (Lipinski definition) is 4. The number of amides is 1. The molecule has 0 fully saturated rings. The first-order valence-electron chi connectivity index (χ1n) is 8.24. The molecule has 2 aromatic carbocycles. The molecular formula is C20H18N4O2. The smallest absolute Gasteiger partial charge is 0.257 e. The maximum atomic E-state index is 12.6. The maximum absolute atomic E-state index is 12.6. The standard InChI is InChI=1S/C20H18N4O2/c1-12-7-8-13-11-16-18(23-24(2)19(16)21-17(13)9-12)22-20(25)14-5-4-6-15(10-14)26-3/h4-11H,1-3H3,(H,22,23,25). The van der Waals surface area contributed by atoms with Crippen molar-refractivity contribution in [3.8, 4) is 5.75 Å². The van der Waals surface area contributed by atoms with Crippen LogP contribution in [0.1, 0.15) is 15.9 Å². The molecule has 1 N–H and O–H groups in total. The number of rotatable bonds is 3. The predicted octanol–water partition coefficient (Wildman–Crippen LogP) is 3.69. The van der Waals surface area contributed by atoms with Gasteiger partial charge in [0, 0.05) is 18.0 Å². The molecule has 26 heavy (non-hydrogen) atoms. The number of ether oxygens (including phenoxy) is 1. The molecule has 6 nitrogen and oxygen atoms in total. The van der Waals surface area contributed by atoms with Gasteiger partial charge in [0.1, 0.15) is 5.75 Å². The lowest BCUT2D eigenvalue weighted by atomic mass is 10.1. The second-order valence-electron chi connectivity index (χ2n) is 6.21. The third kappa shape index (κ3) is 2.75. The number of aromatic nitrogens is 3. The first-order chi connectivity index (χ1) is 12.5. The number of carbonyl (C=O) groups excluding carboxylic acids is 1. The van der Waals surface area contributed by atoms with Gasteiger partial charge in [-0.2, -0.15) is 5.10 Å². The lowest BCUT2D eigenvalue weighted by Crippen LogP contribution is -2.12. The van der Waals surface area contributed by atoms with Gasteiger partial charge in [0.2, 0.25) is 0 Å². The van der Waals surface area contributed by atoms with Crippen LogP contribution in [0.4, 0.5) is 5.82 Å². The molecule has 0 aliphatic heterocycles. The Labute approximate surface area is 150 Å². The molecule has 0 aliphatic carbocycles. The summed E-state index contributed by atoms with van der Waals surface area (Å²) in [6, 6.07) is 15.1. The number of methoxy groups -OCH3 is 1. The highest BCUT2D eigenvalue weighted by molar-refractivity contribution is 6.09. The van der Waals surface area contributed by atoms with Crippen LogP contribution in [-0.4, -0.2) is 27.8 Å². The molecule has 4 aromatic rings. The minimum absolute atomic E-state index is 0.243. The highest BCUT2D eigenvalue weighted by Gasteiger charge is 2.15. The third-order valence-electron chi connectivity index (χ3n) is 4.33. The van der Waals surface area contributed by atoms with Crippen LogP contribution in [-0.2, 0) is 7.05 Å². The van der Waals surface area contributed by atoms with Gasteiger partial charge >= 0.3 is 0 Å². The largest absolute Gasteiger partial charge is 0.497 e. The number of aryl methyl sites for hydroxylation is 2. The summed E-state index contributed by atoms with van der Waals surface area (Å²) in [5.74, 6) is 0.879. The average Bonchev–Trinajstić information content (AvgIpc) is 2.94. The molecule has 0 radical (unpaired) electrons. The van der Waals surface area contributed by atoms with Crippen molar-refractivity contribution in [3.63, 3.8) is 0 Å². The van der Waals surface area contributed by atoms with Crippen LogP contribution in [0, 0.1) is 6.92 Å². The van der Waals surface area contributed by atoms with Crippen LogP contribution in [0.2, 0.25) is 0 Å². The van der Waals surface area contributed by atoms with Crippen LogP contribution in [0.3, 0.4) is 0 Å². The van der Waals surface area contributed by atoms with E-state index in [0.29, 0.717) is 17.1 Å². The summed E-state index contributed by atoms with van der Waals surface area (Å²) in [6.45, 7) is 2.04. The van der Waals surface area contributed by atoms with Crippen molar-refractivity contribution in [1.29, 1.82) is 0 Å². The van der Waals surface area contributed by atoms with E-state index < -0.39 is 0 Å². The highest BCUT2D eigenvalue weighted by Crippen LogP contribution is 2.26. The number of carbonyl (C=O) groups is 1. The number of hydrogen-bond donors (Lipinski definition) is 1. The molecule has 0 atom stereocenters. The molecule has 0 spiro atoms. The van der Waals surface area contributed by atoms with Crippen LogP contribution in [0.15, 0.2) is 48.5 Å². The zero-order valence-electron chi connectivity index (χ0n) is 14.8. The number of fused-ring (bicyclic) bond motifs is 2. The SMILES string of the molecule is COc1cccc(C(=O)Nc2nn(C)c3nc4cc(C)ccc4cc23)c1. The highest BCUT2D eigenvalue weighted by atomic mass is 16.5. The Morgan fingerprint density at radius 1 is 1.15 bits per heavy atom. The van der Waals surface area contributed by atoms with Gasteiger partial charge in [0.25, 0.3) is 5.91 Å². The first-order valence-corrected chi connectivity index (χ1v) is 8.24. The van der Waals surface area contributed by atoms with E-state index in [0.717, 1.165) is 27.5 Å². The average molecular weight is 346 g/mol. The van der Waals surface area contributed by atoms with Crippen molar-refractivity contribution in [2.24, 2.45) is 7.05 Å². The zero-order chi connectivity index (χ0) is 18.3. The second kappa shape index (κ2) is 6.15. The minimum atomic E-state index is -0.243. The quantitative estimate of drug-likeness (QED) is 0.614. The van der Waals surface area contributed by atoms with E-state index in [1.807, 2.05) is 38.2 Å². The van der Waals surface area contributed by atoms with Gasteiger partial charge in [-0.15, -0.1) is 0 Å². The number of nitrogens with zero attached hydrogens (tertiary/aromatic N) is 3. The topological polar surface area (TPSA) is 69.0 Å². The van der Waals surface area contributed by atoms with Crippen molar-refractivity contribution in [2.45, 2.75) is 6.92 Å². The Balaban J connectivity index is 1.76. The lowest BCUT2D eigenvalue weighted by molar-refractivity contribution is 0.102. The minimum Gasteiger partial charge on any atom is -0.497 e. The first kappa shape index (κ1) is 16.1. The predicted molar refractivity (Wildman–Crippen MR) is 102 cm³/mol. The Morgan fingerprint density at radius 3 is 2.81 bits per heavy atom. The monoisotopic (exact) mass is 346 g/mol. The van der Waals surface area contributed by atoms with E-state index in [2.05, 4.69) is 10.4 Å². The van der Waals surface area contributed by atoms with E-state index >= 15 is 0 Å². The summed E-state index contributed by atoms with van der Waals surface area (Å²) in [7, 11) is 3.39. The molecule has 0 saturated carbocycles. The van der Waals surface area contributed by atoms with Crippen LogP contribution >= 0.6 is 0 Å². The molecule has 4 rings (SSSR count). The fourth-order valence-corrected chi connectivity index (χ4v) is 2.98. The normalized spacial score (nSPS) is 11.0.